The van der Waals surface area contributed by atoms with Gasteiger partial charge >= 0.3 is 29.8 Å². The Morgan fingerprint density at radius 3 is 0.936 bits per heavy atom. The topological polar surface area (TPSA) is 301 Å². The smallest absolute Gasteiger partial charge is 0.343 e. The minimum atomic E-state index is -0.633. The van der Waals surface area contributed by atoms with Crippen molar-refractivity contribution in [1.29, 1.82) is 0 Å². The second kappa shape index (κ2) is 33.3. The van der Waals surface area contributed by atoms with Crippen molar-refractivity contribution in [2.75, 3.05) is 67.3 Å². The van der Waals surface area contributed by atoms with Gasteiger partial charge in [-0.05, 0) is 82.9 Å². The predicted octanol–water partition coefficient (Wildman–Crippen LogP) is 11.9. The summed E-state index contributed by atoms with van der Waals surface area (Å²) in [6.07, 6.45) is 0. The van der Waals surface area contributed by atoms with Crippen LogP contribution in [0.3, 0.4) is 0 Å². The molecule has 2 aromatic heterocycles. The molecule has 0 fully saturated rings. The number of hydrogen-bond acceptors (Lipinski definition) is 22. The molecule has 10 aromatic rings. The van der Waals surface area contributed by atoms with Crippen LogP contribution in [0.4, 0.5) is 0 Å². The number of carbonyl (C=O) groups is 5. The molecule has 0 aliphatic rings. The van der Waals surface area contributed by atoms with Gasteiger partial charge in [0.1, 0.15) is 51.3 Å². The SMILES string of the molecule is COC(=O)CBr.COC(=O)COc1ccc(-c2cc(-c3ccc(OCC(=O)OC)cc3OCC(=O)OC)nc(-c3ccc(-c4ccccc4)cc3)n2)c(OCC(=O)OC)c1.Oc1ccc(-c2cc(-c3ccc(O)cc3O)nc(-c3ccc(-c4ccccc4)cc3)n2)c(O)c1. The largest absolute Gasteiger partial charge is 0.508 e. The van der Waals surface area contributed by atoms with Crippen molar-refractivity contribution in [3.05, 3.63) is 194 Å². The van der Waals surface area contributed by atoms with E-state index in [1.807, 2.05) is 109 Å². The number of alkyl halides is 1. The molecule has 480 valence electrons. The molecule has 2 heterocycles. The highest BCUT2D eigenvalue weighted by Gasteiger charge is 2.21. The zero-order chi connectivity index (χ0) is 67.1. The van der Waals surface area contributed by atoms with Gasteiger partial charge in [0.2, 0.25) is 0 Å². The third kappa shape index (κ3) is 18.6. The first-order valence-corrected chi connectivity index (χ1v) is 29.5. The minimum absolute atomic E-state index is 0.0663. The molecule has 94 heavy (non-hydrogen) atoms. The maximum atomic E-state index is 12.1. The number of benzene rings is 8. The summed E-state index contributed by atoms with van der Waals surface area (Å²) in [6.45, 7) is -1.59. The quantitative estimate of drug-likeness (QED) is 0.0295. The van der Waals surface area contributed by atoms with Crippen LogP contribution in [-0.4, -0.2) is 138 Å². The fraction of sp³-hybridized carbons (Fsp3) is 0.141. The van der Waals surface area contributed by atoms with Crippen molar-refractivity contribution in [2.24, 2.45) is 0 Å². The molecule has 0 saturated heterocycles. The van der Waals surface area contributed by atoms with Gasteiger partial charge in [0.05, 0.1) is 58.3 Å². The first-order chi connectivity index (χ1) is 45.5. The number of methoxy groups -OCH3 is 5. The number of carbonyl (C=O) groups excluding carboxylic acids is 5. The highest BCUT2D eigenvalue weighted by molar-refractivity contribution is 9.09. The number of ether oxygens (including phenoxy) is 9. The molecular weight excluding hydrogens is 1280 g/mol. The van der Waals surface area contributed by atoms with Crippen LogP contribution >= 0.6 is 15.9 Å². The molecule has 4 N–H and O–H groups in total. The van der Waals surface area contributed by atoms with Crippen molar-refractivity contribution in [3.8, 4) is 136 Å². The van der Waals surface area contributed by atoms with Gasteiger partial charge in [0.15, 0.2) is 38.1 Å². The number of hydrogen-bond donors (Lipinski definition) is 4. The maximum Gasteiger partial charge on any atom is 0.343 e. The van der Waals surface area contributed by atoms with E-state index >= 15 is 0 Å². The van der Waals surface area contributed by atoms with Gasteiger partial charge in [0.25, 0.3) is 0 Å². The number of aromatic nitrogens is 4. The van der Waals surface area contributed by atoms with E-state index in [4.69, 9.17) is 38.4 Å². The van der Waals surface area contributed by atoms with E-state index < -0.39 is 37.1 Å². The monoisotopic (exact) mass is 1340 g/mol. The van der Waals surface area contributed by atoms with Crippen LogP contribution < -0.4 is 18.9 Å². The fourth-order valence-electron chi connectivity index (χ4n) is 8.76. The summed E-state index contributed by atoms with van der Waals surface area (Å²) < 4.78 is 46.1. The summed E-state index contributed by atoms with van der Waals surface area (Å²) in [7, 11) is 6.31. The number of esters is 5. The van der Waals surface area contributed by atoms with Gasteiger partial charge in [-0.15, -0.1) is 0 Å². The molecule has 8 aromatic carbocycles. The Morgan fingerprint density at radius 1 is 0.330 bits per heavy atom. The van der Waals surface area contributed by atoms with E-state index in [0.29, 0.717) is 62.2 Å². The third-order valence-corrected chi connectivity index (χ3v) is 14.0. The van der Waals surface area contributed by atoms with Crippen LogP contribution in [0, 0.1) is 0 Å². The number of phenols is 4. The van der Waals surface area contributed by atoms with E-state index in [1.165, 1.54) is 71.9 Å². The number of phenolic OH excluding ortho intramolecular Hbond substituents is 4. The zero-order valence-corrected chi connectivity index (χ0v) is 52.8. The molecule has 10 rings (SSSR count). The van der Waals surface area contributed by atoms with E-state index in [1.54, 1.807) is 48.5 Å². The lowest BCUT2D eigenvalue weighted by Crippen LogP contribution is -2.14. The Bertz CT molecular complexity index is 4090. The summed E-state index contributed by atoms with van der Waals surface area (Å²) in [5, 5.41) is 40.5. The first-order valence-electron chi connectivity index (χ1n) is 28.3. The number of aromatic hydroxyl groups is 4. The van der Waals surface area contributed by atoms with Crippen LogP contribution in [0.5, 0.6) is 46.0 Å². The van der Waals surface area contributed by atoms with Crippen molar-refractivity contribution >= 4 is 45.8 Å². The van der Waals surface area contributed by atoms with Crippen LogP contribution in [0.15, 0.2) is 194 Å². The average Bonchev–Trinajstić information content (AvgIpc) is 0.828. The summed E-state index contributed by atoms with van der Waals surface area (Å²) in [6, 6.07) is 56.8. The van der Waals surface area contributed by atoms with E-state index in [9.17, 15) is 44.4 Å². The molecule has 0 spiro atoms. The van der Waals surface area contributed by atoms with Crippen LogP contribution in [0.1, 0.15) is 0 Å². The van der Waals surface area contributed by atoms with Crippen molar-refractivity contribution in [1.82, 2.24) is 19.9 Å². The maximum absolute atomic E-state index is 12.1. The summed E-state index contributed by atoms with van der Waals surface area (Å²) >= 11 is 2.90. The molecule has 22 nitrogen and oxygen atoms in total. The predicted molar refractivity (Wildman–Crippen MR) is 350 cm³/mol. The van der Waals surface area contributed by atoms with Gasteiger partial charge in [-0.2, -0.15) is 0 Å². The lowest BCUT2D eigenvalue weighted by molar-refractivity contribution is -0.143. The molecular formula is C71H61BrN4O18. The molecule has 0 unspecified atom stereocenters. The average molecular weight is 1340 g/mol. The highest BCUT2D eigenvalue weighted by atomic mass is 79.9. The Balaban J connectivity index is 0.000000240. The Kier molecular flexibility index (Phi) is 24.1. The Hall–Kier alpha value is -11.9. The molecule has 0 bridgehead atoms. The lowest BCUT2D eigenvalue weighted by Gasteiger charge is -2.16. The zero-order valence-electron chi connectivity index (χ0n) is 51.2. The number of rotatable bonds is 21. The van der Waals surface area contributed by atoms with Gasteiger partial charge in [0, 0.05) is 57.6 Å². The Labute approximate surface area is 547 Å². The van der Waals surface area contributed by atoms with Crippen LogP contribution in [-0.2, 0) is 47.7 Å². The van der Waals surface area contributed by atoms with E-state index in [2.05, 4.69) is 40.1 Å². The molecule has 0 amide bonds. The summed E-state index contributed by atoms with van der Waals surface area (Å²) in [5.41, 5.74) is 8.81. The molecule has 0 aliphatic heterocycles. The second-order valence-corrected chi connectivity index (χ2v) is 20.3. The Morgan fingerprint density at radius 2 is 0.628 bits per heavy atom. The summed E-state index contributed by atoms with van der Waals surface area (Å²) in [5.74, 6) is -1.48. The fourth-order valence-corrected chi connectivity index (χ4v) is 8.99. The van der Waals surface area contributed by atoms with Crippen molar-refractivity contribution in [3.63, 3.8) is 0 Å². The normalized spacial score (nSPS) is 10.4. The first kappa shape index (κ1) is 68.1. The molecule has 0 radical (unpaired) electrons. The van der Waals surface area contributed by atoms with E-state index in [0.717, 1.165) is 27.8 Å². The van der Waals surface area contributed by atoms with Gasteiger partial charge in [-0.1, -0.05) is 125 Å². The molecule has 0 atom stereocenters. The minimum Gasteiger partial charge on any atom is -0.508 e. The van der Waals surface area contributed by atoms with Gasteiger partial charge in [-0.3, -0.25) is 4.79 Å². The molecule has 23 heteroatoms. The second-order valence-electron chi connectivity index (χ2n) is 19.7. The van der Waals surface area contributed by atoms with Crippen molar-refractivity contribution in [2.45, 2.75) is 0 Å². The van der Waals surface area contributed by atoms with Gasteiger partial charge in [-0.25, -0.2) is 39.1 Å². The van der Waals surface area contributed by atoms with Crippen molar-refractivity contribution < 1.29 is 87.0 Å². The van der Waals surface area contributed by atoms with Crippen LogP contribution in [0.25, 0.3) is 90.1 Å². The standard InChI is InChI=1S/C40H36N2O12.C28H20N2O4.C3H5BrO2/c1-47-36(43)21-51-28-14-16-30(34(18-28)53-23-38(45)49-3)32-20-33(42-40(41-32)27-12-10-26(11-13-27)25-8-6-5-7-9-25)31-17-15-29(52-22-37(44)48-2)19-35(31)54-24-39(46)50-4;31-20-10-12-22(26(33)14-20)24-16-25(23-13-11-21(32)15-27(23)34)30-28(29-24)19-8-6-18(7-9-19)17-4-2-1-3-5-17;1-6-3(5)2-4/h5-20H,21-24H2,1-4H3;1-16,31-34H;2H2,1H3. The lowest BCUT2D eigenvalue weighted by atomic mass is 10.0. The number of halogens is 1. The van der Waals surface area contributed by atoms with Gasteiger partial charge < -0.3 is 63.1 Å². The number of nitrogens with zero attached hydrogens (tertiary/aromatic N) is 4. The summed E-state index contributed by atoms with van der Waals surface area (Å²) in [4.78, 5) is 76.8. The van der Waals surface area contributed by atoms with Crippen LogP contribution in [0.2, 0.25) is 0 Å². The highest BCUT2D eigenvalue weighted by Crippen LogP contribution is 2.41. The molecule has 0 saturated carbocycles. The van der Waals surface area contributed by atoms with E-state index in [-0.39, 0.29) is 70.5 Å². The molecule has 0 aliphatic carbocycles. The third-order valence-electron chi connectivity index (χ3n) is 13.6.